The predicted octanol–water partition coefficient (Wildman–Crippen LogP) is 1.65. The van der Waals surface area contributed by atoms with E-state index in [1.54, 1.807) is 24.3 Å². The van der Waals surface area contributed by atoms with Crippen molar-refractivity contribution >= 4 is 22.5 Å². The maximum absolute atomic E-state index is 12.3. The Morgan fingerprint density at radius 3 is 2.72 bits per heavy atom. The topological polar surface area (TPSA) is 87.2 Å². The molecule has 150 valence electrons. The van der Waals surface area contributed by atoms with Crippen LogP contribution in [0.15, 0.2) is 58.1 Å². The van der Waals surface area contributed by atoms with Gasteiger partial charge in [-0.1, -0.05) is 30.3 Å². The van der Waals surface area contributed by atoms with Gasteiger partial charge in [0.25, 0.3) is 5.56 Å². The molecule has 29 heavy (non-hydrogen) atoms. The fraction of sp³-hybridized carbons (Fsp3) is 0.318. The molecule has 1 amide bonds. The van der Waals surface area contributed by atoms with Crippen molar-refractivity contribution in [2.75, 3.05) is 18.0 Å². The summed E-state index contributed by atoms with van der Waals surface area (Å²) in [4.78, 5) is 41.0. The van der Waals surface area contributed by atoms with E-state index in [9.17, 15) is 14.4 Å². The summed E-state index contributed by atoms with van der Waals surface area (Å²) < 4.78 is 1.44. The number of anilines is 1. The SMILES string of the molecule is CC1Cc2ccccc2N1CCNC(=O)CCn1c(=O)[nH]c(=O)c2ccccc21. The van der Waals surface area contributed by atoms with E-state index in [0.29, 0.717) is 23.5 Å². The molecule has 0 radical (unpaired) electrons. The fourth-order valence-electron chi connectivity index (χ4n) is 4.05. The maximum Gasteiger partial charge on any atom is 0.328 e. The number of nitrogens with zero attached hydrogens (tertiary/aromatic N) is 2. The third kappa shape index (κ3) is 3.81. The molecule has 1 aliphatic heterocycles. The lowest BCUT2D eigenvalue weighted by Gasteiger charge is -2.25. The van der Waals surface area contributed by atoms with Crippen LogP contribution in [0, 0.1) is 0 Å². The number of aromatic amines is 1. The molecule has 0 bridgehead atoms. The molecule has 0 fully saturated rings. The Kier molecular flexibility index (Phi) is 5.20. The monoisotopic (exact) mass is 392 g/mol. The van der Waals surface area contributed by atoms with Gasteiger partial charge in [0.05, 0.1) is 10.9 Å². The molecule has 0 aliphatic carbocycles. The highest BCUT2D eigenvalue weighted by Crippen LogP contribution is 2.31. The summed E-state index contributed by atoms with van der Waals surface area (Å²) in [5.74, 6) is -0.118. The van der Waals surface area contributed by atoms with Crippen molar-refractivity contribution in [1.29, 1.82) is 0 Å². The highest BCUT2D eigenvalue weighted by Gasteiger charge is 2.24. The second-order valence-electron chi connectivity index (χ2n) is 7.40. The number of nitrogens with one attached hydrogen (secondary N) is 2. The van der Waals surface area contributed by atoms with Crippen molar-refractivity contribution in [1.82, 2.24) is 14.9 Å². The zero-order valence-electron chi connectivity index (χ0n) is 16.4. The van der Waals surface area contributed by atoms with E-state index in [1.165, 1.54) is 15.8 Å². The van der Waals surface area contributed by atoms with Crippen molar-refractivity contribution in [3.63, 3.8) is 0 Å². The minimum atomic E-state index is -0.496. The summed E-state index contributed by atoms with van der Waals surface area (Å²) in [6.45, 7) is 3.69. The van der Waals surface area contributed by atoms with Gasteiger partial charge >= 0.3 is 5.69 Å². The van der Waals surface area contributed by atoms with Gasteiger partial charge in [0, 0.05) is 37.8 Å². The Morgan fingerprint density at radius 2 is 1.86 bits per heavy atom. The van der Waals surface area contributed by atoms with E-state index in [-0.39, 0.29) is 18.9 Å². The number of H-pyrrole nitrogens is 1. The van der Waals surface area contributed by atoms with Crippen LogP contribution in [-0.4, -0.2) is 34.6 Å². The predicted molar refractivity (Wildman–Crippen MR) is 113 cm³/mol. The second kappa shape index (κ2) is 7.95. The standard InChI is InChI=1S/C22H24N4O3/c1-15-14-16-6-2-4-8-18(16)25(15)13-11-23-20(27)10-12-26-19-9-5-3-7-17(19)21(28)24-22(26)29/h2-9,15H,10-14H2,1H3,(H,23,27)(H,24,28,29). The number of hydrogen-bond acceptors (Lipinski definition) is 4. The molecule has 3 aromatic rings. The second-order valence-corrected chi connectivity index (χ2v) is 7.40. The molecule has 4 rings (SSSR count). The average molecular weight is 392 g/mol. The molecule has 0 saturated heterocycles. The van der Waals surface area contributed by atoms with Crippen LogP contribution in [0.1, 0.15) is 18.9 Å². The van der Waals surface area contributed by atoms with Gasteiger partial charge < -0.3 is 10.2 Å². The molecule has 0 spiro atoms. The first-order valence-electron chi connectivity index (χ1n) is 9.87. The average Bonchev–Trinajstić information content (AvgIpc) is 3.03. The number of aryl methyl sites for hydroxylation is 1. The number of benzene rings is 2. The van der Waals surface area contributed by atoms with Crippen LogP contribution in [0.5, 0.6) is 0 Å². The third-order valence-corrected chi connectivity index (χ3v) is 5.49. The molecule has 1 aliphatic rings. The Morgan fingerprint density at radius 1 is 1.10 bits per heavy atom. The Hall–Kier alpha value is -3.35. The smallest absolute Gasteiger partial charge is 0.328 e. The zero-order valence-corrected chi connectivity index (χ0v) is 16.4. The van der Waals surface area contributed by atoms with Gasteiger partial charge in [-0.25, -0.2) is 4.79 Å². The van der Waals surface area contributed by atoms with Gasteiger partial charge in [0.1, 0.15) is 0 Å². The summed E-state index contributed by atoms with van der Waals surface area (Å²) in [5, 5.41) is 3.38. The van der Waals surface area contributed by atoms with Gasteiger partial charge in [-0.3, -0.25) is 19.1 Å². The largest absolute Gasteiger partial charge is 0.367 e. The number of para-hydroxylation sites is 2. The Labute approximate surface area is 168 Å². The van der Waals surface area contributed by atoms with Crippen LogP contribution in [0.4, 0.5) is 5.69 Å². The zero-order chi connectivity index (χ0) is 20.4. The van der Waals surface area contributed by atoms with Crippen LogP contribution < -0.4 is 21.5 Å². The van der Waals surface area contributed by atoms with E-state index in [2.05, 4.69) is 40.3 Å². The Balaban J connectivity index is 1.35. The van der Waals surface area contributed by atoms with E-state index < -0.39 is 11.2 Å². The first-order chi connectivity index (χ1) is 14.0. The van der Waals surface area contributed by atoms with Crippen molar-refractivity contribution in [3.05, 3.63) is 74.9 Å². The molecule has 1 aromatic heterocycles. The first kappa shape index (κ1) is 19.0. The molecule has 1 atom stereocenters. The van der Waals surface area contributed by atoms with Gasteiger partial charge in [-0.05, 0) is 37.1 Å². The fourth-order valence-corrected chi connectivity index (χ4v) is 4.05. The van der Waals surface area contributed by atoms with Gasteiger partial charge in [0.2, 0.25) is 5.91 Å². The first-order valence-corrected chi connectivity index (χ1v) is 9.87. The lowest BCUT2D eigenvalue weighted by molar-refractivity contribution is -0.121. The van der Waals surface area contributed by atoms with Gasteiger partial charge in [-0.15, -0.1) is 0 Å². The summed E-state index contributed by atoms with van der Waals surface area (Å²) in [6, 6.07) is 15.7. The van der Waals surface area contributed by atoms with E-state index in [4.69, 9.17) is 0 Å². The number of rotatable bonds is 6. The summed E-state index contributed by atoms with van der Waals surface area (Å²) in [5.41, 5.74) is 2.21. The minimum absolute atomic E-state index is 0.118. The van der Waals surface area contributed by atoms with Gasteiger partial charge in [0.15, 0.2) is 0 Å². The van der Waals surface area contributed by atoms with Crippen LogP contribution in [0.25, 0.3) is 10.9 Å². The highest BCUT2D eigenvalue weighted by atomic mass is 16.2. The van der Waals surface area contributed by atoms with Crippen LogP contribution >= 0.6 is 0 Å². The lowest BCUT2D eigenvalue weighted by Crippen LogP contribution is -2.38. The number of carbonyl (C=O) groups is 1. The van der Waals surface area contributed by atoms with E-state index >= 15 is 0 Å². The van der Waals surface area contributed by atoms with Crippen molar-refractivity contribution in [3.8, 4) is 0 Å². The number of carbonyl (C=O) groups excluding carboxylic acids is 1. The van der Waals surface area contributed by atoms with Crippen molar-refractivity contribution in [2.45, 2.75) is 32.4 Å². The number of fused-ring (bicyclic) bond motifs is 2. The van der Waals surface area contributed by atoms with Crippen LogP contribution in [0.3, 0.4) is 0 Å². The molecule has 1 unspecified atom stereocenters. The van der Waals surface area contributed by atoms with E-state index in [1.807, 2.05) is 6.07 Å². The summed E-state index contributed by atoms with van der Waals surface area (Å²) in [7, 11) is 0. The Bertz CT molecular complexity index is 1160. The normalized spacial score (nSPS) is 15.5. The molecule has 7 nitrogen and oxygen atoms in total. The molecule has 2 N–H and O–H groups in total. The molecule has 2 aromatic carbocycles. The summed E-state index contributed by atoms with van der Waals surface area (Å²) >= 11 is 0. The van der Waals surface area contributed by atoms with Crippen LogP contribution in [-0.2, 0) is 17.8 Å². The molecular formula is C22H24N4O3. The van der Waals surface area contributed by atoms with Crippen LogP contribution in [0.2, 0.25) is 0 Å². The number of amides is 1. The molecular weight excluding hydrogens is 368 g/mol. The lowest BCUT2D eigenvalue weighted by atomic mass is 10.1. The minimum Gasteiger partial charge on any atom is -0.367 e. The number of aromatic nitrogens is 2. The van der Waals surface area contributed by atoms with Crippen molar-refractivity contribution in [2.24, 2.45) is 0 Å². The number of hydrogen-bond donors (Lipinski definition) is 2. The molecule has 7 heteroatoms. The van der Waals surface area contributed by atoms with E-state index in [0.717, 1.165) is 13.0 Å². The van der Waals surface area contributed by atoms with Gasteiger partial charge in [-0.2, -0.15) is 0 Å². The van der Waals surface area contributed by atoms with Crippen molar-refractivity contribution < 1.29 is 4.79 Å². The highest BCUT2D eigenvalue weighted by molar-refractivity contribution is 5.78. The molecule has 2 heterocycles. The molecule has 0 saturated carbocycles. The summed E-state index contributed by atoms with van der Waals surface area (Å²) in [6.07, 6.45) is 1.19. The quantitative estimate of drug-likeness (QED) is 0.668. The third-order valence-electron chi connectivity index (χ3n) is 5.49. The maximum atomic E-state index is 12.3.